The van der Waals surface area contributed by atoms with E-state index in [4.69, 9.17) is 5.11 Å². The van der Waals surface area contributed by atoms with Crippen molar-refractivity contribution in [1.82, 2.24) is 14.9 Å². The molecule has 0 radical (unpaired) electrons. The van der Waals surface area contributed by atoms with Crippen LogP contribution in [0.5, 0.6) is 0 Å². The third kappa shape index (κ3) is 5.54. The Morgan fingerprint density at radius 3 is 2.41 bits per heavy atom. The molecule has 1 aliphatic rings. The topological polar surface area (TPSA) is 93.0 Å². The van der Waals surface area contributed by atoms with Crippen LogP contribution in [-0.4, -0.2) is 45.6 Å². The second kappa shape index (κ2) is 10.3. The first-order valence-corrected chi connectivity index (χ1v) is 12.2. The summed E-state index contributed by atoms with van der Waals surface area (Å²) in [5.41, 5.74) is 3.43. The summed E-state index contributed by atoms with van der Waals surface area (Å²) in [7, 11) is 0. The third-order valence-electron chi connectivity index (χ3n) is 6.78. The molecule has 0 unspecified atom stereocenters. The number of halogens is 4. The van der Waals surface area contributed by atoms with Crippen LogP contribution in [0.4, 0.5) is 17.6 Å². The molecule has 39 heavy (non-hydrogen) atoms. The van der Waals surface area contributed by atoms with Crippen LogP contribution in [-0.2, 0) is 11.0 Å². The first-order chi connectivity index (χ1) is 18.6. The van der Waals surface area contributed by atoms with E-state index < -0.39 is 23.5 Å². The minimum Gasteiger partial charge on any atom is -0.480 e. The summed E-state index contributed by atoms with van der Waals surface area (Å²) >= 11 is 0. The number of rotatable bonds is 5. The average molecular weight is 535 g/mol. The molecule has 1 aliphatic heterocycles. The molecule has 5 rings (SSSR count). The van der Waals surface area contributed by atoms with Gasteiger partial charge in [-0.3, -0.25) is 9.69 Å². The Kier molecular flexibility index (Phi) is 6.93. The van der Waals surface area contributed by atoms with E-state index in [1.165, 1.54) is 0 Å². The SMILES string of the molecule is N#Cc1cccc(-c2ccc(C(=C3CCN(CC(=O)O)CC3)c3nc4cc(F)c(C(F)(F)F)cc4[nH]3)cc2)c1. The van der Waals surface area contributed by atoms with Gasteiger partial charge in [0.1, 0.15) is 11.6 Å². The highest BCUT2D eigenvalue weighted by molar-refractivity contribution is 5.86. The quantitative estimate of drug-likeness (QED) is 0.296. The number of piperidine rings is 1. The van der Waals surface area contributed by atoms with Gasteiger partial charge in [0.05, 0.1) is 34.8 Å². The number of hydrogen-bond donors (Lipinski definition) is 2. The summed E-state index contributed by atoms with van der Waals surface area (Å²) < 4.78 is 54.2. The lowest BCUT2D eigenvalue weighted by Gasteiger charge is -2.28. The number of aromatic amines is 1. The number of imidazole rings is 1. The van der Waals surface area contributed by atoms with E-state index in [2.05, 4.69) is 16.0 Å². The maximum atomic E-state index is 14.3. The van der Waals surface area contributed by atoms with Crippen LogP contribution < -0.4 is 0 Å². The molecule has 10 heteroatoms. The van der Waals surface area contributed by atoms with Crippen LogP contribution in [0.25, 0.3) is 27.7 Å². The molecule has 0 atom stereocenters. The predicted molar refractivity (Wildman–Crippen MR) is 137 cm³/mol. The standard InChI is InChI=1S/C29H22F4N4O2/c30-23-14-25-24(13-22(23)29(31,32)33)35-28(36-25)27(20-8-10-37(11-9-20)16-26(38)39)19-6-4-18(5-7-19)21-3-1-2-17(12-21)15-34/h1-7,12-14H,8-11,16H2,(H,35,36)(H,38,39). The maximum Gasteiger partial charge on any atom is 0.419 e. The number of aromatic nitrogens is 2. The molecule has 6 nitrogen and oxygen atoms in total. The van der Waals surface area contributed by atoms with E-state index in [-0.39, 0.29) is 17.6 Å². The average Bonchev–Trinajstić information content (AvgIpc) is 3.31. The highest BCUT2D eigenvalue weighted by Gasteiger charge is 2.35. The molecule has 0 saturated carbocycles. The van der Waals surface area contributed by atoms with Crippen molar-refractivity contribution in [3.05, 3.63) is 94.6 Å². The highest BCUT2D eigenvalue weighted by Crippen LogP contribution is 2.36. The Labute approximate surface area is 220 Å². The predicted octanol–water partition coefficient (Wildman–Crippen LogP) is 6.24. The Balaban J connectivity index is 1.58. The summed E-state index contributed by atoms with van der Waals surface area (Å²) in [5, 5.41) is 18.3. The van der Waals surface area contributed by atoms with E-state index in [1.807, 2.05) is 35.2 Å². The molecule has 4 aromatic rings. The van der Waals surface area contributed by atoms with Gasteiger partial charge in [-0.15, -0.1) is 0 Å². The van der Waals surface area contributed by atoms with Crippen LogP contribution in [0.1, 0.15) is 35.4 Å². The number of likely N-dealkylation sites (tertiary alicyclic amines) is 1. The number of nitrogens with one attached hydrogen (secondary N) is 1. The lowest BCUT2D eigenvalue weighted by Crippen LogP contribution is -2.35. The monoisotopic (exact) mass is 534 g/mol. The Hall–Kier alpha value is -4.49. The number of carbonyl (C=O) groups is 1. The van der Waals surface area contributed by atoms with Gasteiger partial charge in [-0.1, -0.05) is 42.0 Å². The van der Waals surface area contributed by atoms with E-state index in [9.17, 15) is 27.6 Å². The zero-order chi connectivity index (χ0) is 27.7. The summed E-state index contributed by atoms with van der Waals surface area (Å²) in [6, 6.07) is 18.3. The molecule has 0 amide bonds. The molecule has 1 aromatic heterocycles. The van der Waals surface area contributed by atoms with Crippen LogP contribution >= 0.6 is 0 Å². The van der Waals surface area contributed by atoms with Crippen LogP contribution in [0.15, 0.2) is 66.2 Å². The van der Waals surface area contributed by atoms with Gasteiger partial charge in [-0.05, 0) is 47.7 Å². The fraction of sp³-hybridized carbons (Fsp3) is 0.207. The number of fused-ring (bicyclic) bond motifs is 1. The van der Waals surface area contributed by atoms with E-state index in [0.717, 1.165) is 34.4 Å². The molecule has 0 bridgehead atoms. The van der Waals surface area contributed by atoms with Gasteiger partial charge < -0.3 is 10.1 Å². The van der Waals surface area contributed by atoms with Crippen molar-refractivity contribution < 1.29 is 27.5 Å². The Bertz CT molecular complexity index is 1620. The third-order valence-corrected chi connectivity index (χ3v) is 6.78. The lowest BCUT2D eigenvalue weighted by molar-refractivity contribution is -0.140. The maximum absolute atomic E-state index is 14.3. The van der Waals surface area contributed by atoms with Crippen molar-refractivity contribution >= 4 is 22.6 Å². The van der Waals surface area contributed by atoms with E-state index in [1.54, 1.807) is 18.2 Å². The smallest absolute Gasteiger partial charge is 0.419 e. The largest absolute Gasteiger partial charge is 0.480 e. The van der Waals surface area contributed by atoms with Crippen molar-refractivity contribution in [2.75, 3.05) is 19.6 Å². The number of alkyl halides is 3. The molecule has 2 N–H and O–H groups in total. The summed E-state index contributed by atoms with van der Waals surface area (Å²) in [4.78, 5) is 20.4. The second-order valence-corrected chi connectivity index (χ2v) is 9.35. The van der Waals surface area contributed by atoms with Crippen LogP contribution in [0.2, 0.25) is 0 Å². The number of hydrogen-bond acceptors (Lipinski definition) is 4. The molecule has 0 aliphatic carbocycles. The molecule has 198 valence electrons. The zero-order valence-corrected chi connectivity index (χ0v) is 20.5. The van der Waals surface area contributed by atoms with Crippen LogP contribution in [0, 0.1) is 17.1 Å². The summed E-state index contributed by atoms with van der Waals surface area (Å²) in [6.45, 7) is 0.914. The molecule has 3 aromatic carbocycles. The second-order valence-electron chi connectivity index (χ2n) is 9.35. The fourth-order valence-corrected chi connectivity index (χ4v) is 4.90. The minimum absolute atomic E-state index is 0.0603. The van der Waals surface area contributed by atoms with Gasteiger partial charge in [0.15, 0.2) is 0 Å². The number of carboxylic acids is 1. The Morgan fingerprint density at radius 1 is 1.05 bits per heavy atom. The number of carboxylic acid groups (broad SMARTS) is 1. The Morgan fingerprint density at radius 2 is 1.77 bits per heavy atom. The van der Waals surface area contributed by atoms with E-state index >= 15 is 0 Å². The van der Waals surface area contributed by atoms with Gasteiger partial charge in [0.2, 0.25) is 0 Å². The summed E-state index contributed by atoms with van der Waals surface area (Å²) in [5.74, 6) is -2.00. The zero-order valence-electron chi connectivity index (χ0n) is 20.5. The van der Waals surface area contributed by atoms with Crippen molar-refractivity contribution in [2.24, 2.45) is 0 Å². The number of benzene rings is 3. The van der Waals surface area contributed by atoms with Gasteiger partial charge in [0.25, 0.3) is 0 Å². The highest BCUT2D eigenvalue weighted by atomic mass is 19.4. The first-order valence-electron chi connectivity index (χ1n) is 12.2. The van der Waals surface area contributed by atoms with Crippen molar-refractivity contribution in [3.63, 3.8) is 0 Å². The lowest BCUT2D eigenvalue weighted by atomic mass is 9.91. The molecule has 1 fully saturated rings. The van der Waals surface area contributed by atoms with Gasteiger partial charge in [-0.2, -0.15) is 18.4 Å². The number of H-pyrrole nitrogens is 1. The molecular formula is C29H22F4N4O2. The van der Waals surface area contributed by atoms with Crippen molar-refractivity contribution in [2.45, 2.75) is 19.0 Å². The fourth-order valence-electron chi connectivity index (χ4n) is 4.90. The number of nitrogens with zero attached hydrogens (tertiary/aromatic N) is 3. The first kappa shape index (κ1) is 26.1. The molecule has 0 spiro atoms. The van der Waals surface area contributed by atoms with Gasteiger partial charge >= 0.3 is 12.1 Å². The van der Waals surface area contributed by atoms with Gasteiger partial charge in [0, 0.05) is 24.7 Å². The number of aliphatic carboxylic acids is 1. The summed E-state index contributed by atoms with van der Waals surface area (Å²) in [6.07, 6.45) is -3.78. The molecular weight excluding hydrogens is 512 g/mol. The number of nitriles is 1. The van der Waals surface area contributed by atoms with Gasteiger partial charge in [-0.25, -0.2) is 9.37 Å². The van der Waals surface area contributed by atoms with Crippen molar-refractivity contribution in [1.29, 1.82) is 5.26 Å². The van der Waals surface area contributed by atoms with Crippen molar-refractivity contribution in [3.8, 4) is 17.2 Å². The molecule has 1 saturated heterocycles. The normalized spacial score (nSPS) is 14.4. The van der Waals surface area contributed by atoms with E-state index in [0.29, 0.717) is 42.9 Å². The molecule has 2 heterocycles. The minimum atomic E-state index is -4.85. The van der Waals surface area contributed by atoms with Crippen LogP contribution in [0.3, 0.4) is 0 Å².